The summed E-state index contributed by atoms with van der Waals surface area (Å²) < 4.78 is 15.3. The second kappa shape index (κ2) is 7.44. The highest BCUT2D eigenvalue weighted by Crippen LogP contribution is 2.23. The minimum Gasteiger partial charge on any atom is -0.319 e. The summed E-state index contributed by atoms with van der Waals surface area (Å²) in [5, 5.41) is 7.78. The first kappa shape index (κ1) is 17.7. The number of anilines is 1. The Balaban J connectivity index is 1.74. The van der Waals surface area contributed by atoms with Crippen LogP contribution < -0.4 is 5.32 Å². The molecule has 0 spiro atoms. The van der Waals surface area contributed by atoms with Crippen LogP contribution >= 0.6 is 34.8 Å². The summed E-state index contributed by atoms with van der Waals surface area (Å²) in [6, 6.07) is 9.06. The zero-order chi connectivity index (χ0) is 18.0. The molecule has 1 amide bonds. The summed E-state index contributed by atoms with van der Waals surface area (Å²) in [6.07, 6.45) is 3.03. The zero-order valence-electron chi connectivity index (χ0n) is 12.6. The van der Waals surface area contributed by atoms with Crippen LogP contribution in [-0.2, 0) is 6.54 Å². The van der Waals surface area contributed by atoms with E-state index < -0.39 is 11.7 Å². The van der Waals surface area contributed by atoms with Crippen molar-refractivity contribution in [2.75, 3.05) is 5.32 Å². The highest BCUT2D eigenvalue weighted by atomic mass is 35.5. The van der Waals surface area contributed by atoms with Gasteiger partial charge in [-0.1, -0.05) is 40.9 Å². The topological polar surface area (TPSA) is 46.9 Å². The van der Waals surface area contributed by atoms with Crippen molar-refractivity contribution in [1.82, 2.24) is 9.78 Å². The fraction of sp³-hybridized carbons (Fsp3) is 0.0588. The van der Waals surface area contributed by atoms with Crippen molar-refractivity contribution in [1.29, 1.82) is 0 Å². The predicted molar refractivity (Wildman–Crippen MR) is 97.2 cm³/mol. The third kappa shape index (κ3) is 4.12. The number of hydrogen-bond acceptors (Lipinski definition) is 2. The number of rotatable bonds is 4. The van der Waals surface area contributed by atoms with Crippen molar-refractivity contribution >= 4 is 46.4 Å². The van der Waals surface area contributed by atoms with E-state index in [-0.39, 0.29) is 17.1 Å². The zero-order valence-corrected chi connectivity index (χ0v) is 14.9. The largest absolute Gasteiger partial charge is 0.319 e. The molecule has 0 atom stereocenters. The molecule has 0 saturated carbocycles. The number of carbonyl (C=O) groups excluding carboxylic acids is 1. The molecule has 128 valence electrons. The minimum atomic E-state index is -0.415. The molecule has 0 aliphatic heterocycles. The number of halogens is 4. The fourth-order valence-electron chi connectivity index (χ4n) is 2.23. The average Bonchev–Trinajstić information content (AvgIpc) is 2.98. The lowest BCUT2D eigenvalue weighted by atomic mass is 10.2. The lowest BCUT2D eigenvalue weighted by molar-refractivity contribution is 0.102. The highest BCUT2D eigenvalue weighted by molar-refractivity contribution is 6.37. The minimum absolute atomic E-state index is 0.142. The van der Waals surface area contributed by atoms with Gasteiger partial charge in [-0.2, -0.15) is 5.10 Å². The second-order valence-electron chi connectivity index (χ2n) is 5.21. The molecule has 0 aliphatic rings. The Morgan fingerprint density at radius 1 is 1.16 bits per heavy atom. The molecule has 2 aromatic carbocycles. The van der Waals surface area contributed by atoms with E-state index in [0.717, 1.165) is 0 Å². The summed E-state index contributed by atoms with van der Waals surface area (Å²) in [5.74, 6) is -0.813. The maximum Gasteiger partial charge on any atom is 0.257 e. The van der Waals surface area contributed by atoms with Crippen LogP contribution in [0.5, 0.6) is 0 Å². The number of carbonyl (C=O) groups is 1. The first-order valence-corrected chi connectivity index (χ1v) is 8.29. The van der Waals surface area contributed by atoms with E-state index in [4.69, 9.17) is 34.8 Å². The van der Waals surface area contributed by atoms with Crippen LogP contribution in [0.2, 0.25) is 15.1 Å². The van der Waals surface area contributed by atoms with Crippen LogP contribution in [0.4, 0.5) is 10.1 Å². The standard InChI is InChI=1S/C17H11Cl3FN3O/c18-10-4-5-12(15(20)6-10)17(25)23-11-7-22-24(8-11)9-13-14(19)2-1-3-16(13)21/h1-8H,9H2,(H,23,25). The van der Waals surface area contributed by atoms with Crippen LogP contribution in [0, 0.1) is 5.82 Å². The number of nitrogens with one attached hydrogen (secondary N) is 1. The molecule has 0 bridgehead atoms. The van der Waals surface area contributed by atoms with Crippen molar-refractivity contribution in [2.45, 2.75) is 6.54 Å². The fourth-order valence-corrected chi connectivity index (χ4v) is 2.95. The number of hydrogen-bond donors (Lipinski definition) is 1. The van der Waals surface area contributed by atoms with Gasteiger partial charge >= 0.3 is 0 Å². The van der Waals surface area contributed by atoms with Crippen molar-refractivity contribution < 1.29 is 9.18 Å². The highest BCUT2D eigenvalue weighted by Gasteiger charge is 2.13. The molecule has 0 fully saturated rings. The predicted octanol–water partition coefficient (Wildman–Crippen LogP) is 5.28. The summed E-state index contributed by atoms with van der Waals surface area (Å²) in [4.78, 5) is 12.3. The normalized spacial score (nSPS) is 10.7. The lowest BCUT2D eigenvalue weighted by Crippen LogP contribution is -2.12. The van der Waals surface area contributed by atoms with Gasteiger partial charge in [0.1, 0.15) is 5.82 Å². The van der Waals surface area contributed by atoms with Crippen LogP contribution in [-0.4, -0.2) is 15.7 Å². The number of aromatic nitrogens is 2. The van der Waals surface area contributed by atoms with E-state index in [1.54, 1.807) is 18.3 Å². The lowest BCUT2D eigenvalue weighted by Gasteiger charge is -2.06. The molecular formula is C17H11Cl3FN3O. The Hall–Kier alpha value is -2.08. The molecule has 25 heavy (non-hydrogen) atoms. The summed E-state index contributed by atoms with van der Waals surface area (Å²) in [7, 11) is 0. The molecule has 0 aliphatic carbocycles. The Kier molecular flexibility index (Phi) is 5.27. The van der Waals surface area contributed by atoms with E-state index in [9.17, 15) is 9.18 Å². The molecule has 1 N–H and O–H groups in total. The summed E-state index contributed by atoms with van der Waals surface area (Å²) in [5.41, 5.74) is 1.06. The van der Waals surface area contributed by atoms with E-state index >= 15 is 0 Å². The van der Waals surface area contributed by atoms with Crippen molar-refractivity contribution in [3.05, 3.63) is 80.8 Å². The monoisotopic (exact) mass is 397 g/mol. The molecule has 3 aromatic rings. The molecule has 8 heteroatoms. The van der Waals surface area contributed by atoms with Gasteiger partial charge in [-0.15, -0.1) is 0 Å². The Morgan fingerprint density at radius 3 is 2.68 bits per heavy atom. The van der Waals surface area contributed by atoms with Gasteiger partial charge in [0.2, 0.25) is 0 Å². The quantitative estimate of drug-likeness (QED) is 0.649. The van der Waals surface area contributed by atoms with Gasteiger partial charge in [0.25, 0.3) is 5.91 Å². The molecule has 1 heterocycles. The second-order valence-corrected chi connectivity index (χ2v) is 6.46. The molecule has 0 unspecified atom stereocenters. The van der Waals surface area contributed by atoms with Gasteiger partial charge in [0.15, 0.2) is 0 Å². The van der Waals surface area contributed by atoms with Crippen LogP contribution in [0.1, 0.15) is 15.9 Å². The molecule has 0 radical (unpaired) electrons. The van der Waals surface area contributed by atoms with E-state index in [0.29, 0.717) is 21.3 Å². The number of amides is 1. The smallest absolute Gasteiger partial charge is 0.257 e. The van der Waals surface area contributed by atoms with Gasteiger partial charge in [0.05, 0.1) is 29.0 Å². The maximum absolute atomic E-state index is 13.8. The Bertz CT molecular complexity index is 922. The van der Waals surface area contributed by atoms with Crippen molar-refractivity contribution in [3.63, 3.8) is 0 Å². The number of nitrogens with zero attached hydrogens (tertiary/aromatic N) is 2. The van der Waals surface area contributed by atoms with Gasteiger partial charge in [0, 0.05) is 21.8 Å². The Labute approximate surface area is 158 Å². The average molecular weight is 399 g/mol. The van der Waals surface area contributed by atoms with Crippen molar-refractivity contribution in [3.8, 4) is 0 Å². The first-order valence-electron chi connectivity index (χ1n) is 7.16. The molecule has 1 aromatic heterocycles. The Morgan fingerprint density at radius 2 is 1.96 bits per heavy atom. The molecular weight excluding hydrogens is 388 g/mol. The van der Waals surface area contributed by atoms with E-state index in [2.05, 4.69) is 10.4 Å². The molecule has 3 rings (SSSR count). The SMILES string of the molecule is O=C(Nc1cnn(Cc2c(F)cccc2Cl)c1)c1ccc(Cl)cc1Cl. The maximum atomic E-state index is 13.8. The first-order chi connectivity index (χ1) is 11.9. The molecule has 4 nitrogen and oxygen atoms in total. The molecule has 0 saturated heterocycles. The van der Waals surface area contributed by atoms with Crippen LogP contribution in [0.15, 0.2) is 48.8 Å². The van der Waals surface area contributed by atoms with Gasteiger partial charge in [-0.25, -0.2) is 4.39 Å². The van der Waals surface area contributed by atoms with Crippen LogP contribution in [0.25, 0.3) is 0 Å². The van der Waals surface area contributed by atoms with E-state index in [1.807, 2.05) is 0 Å². The van der Waals surface area contributed by atoms with Crippen molar-refractivity contribution in [2.24, 2.45) is 0 Å². The summed E-state index contributed by atoms with van der Waals surface area (Å²) >= 11 is 17.8. The number of benzene rings is 2. The van der Waals surface area contributed by atoms with Gasteiger partial charge in [-0.3, -0.25) is 9.48 Å². The third-order valence-corrected chi connectivity index (χ3v) is 4.35. The van der Waals surface area contributed by atoms with Gasteiger partial charge < -0.3 is 5.32 Å². The van der Waals surface area contributed by atoms with Crippen LogP contribution in [0.3, 0.4) is 0 Å². The summed E-state index contributed by atoms with van der Waals surface area (Å²) in [6.45, 7) is 0.142. The van der Waals surface area contributed by atoms with Gasteiger partial charge in [-0.05, 0) is 30.3 Å². The van der Waals surface area contributed by atoms with E-state index in [1.165, 1.54) is 35.1 Å². The third-order valence-electron chi connectivity index (χ3n) is 3.45.